The topological polar surface area (TPSA) is 25.2 Å². The third-order valence-electron chi connectivity index (χ3n) is 2.21. The van der Waals surface area contributed by atoms with Gasteiger partial charge in [0.2, 0.25) is 0 Å². The van der Waals surface area contributed by atoms with Crippen molar-refractivity contribution in [3.63, 3.8) is 0 Å². The fourth-order valence-corrected chi connectivity index (χ4v) is 1.57. The number of fused-ring (bicyclic) bond motifs is 1. The van der Waals surface area contributed by atoms with Crippen LogP contribution in [-0.4, -0.2) is 11.2 Å². The lowest BCUT2D eigenvalue weighted by Crippen LogP contribution is -1.98. The second-order valence-corrected chi connectivity index (χ2v) is 3.39. The SMILES string of the molecule is CC(C)c1ccnc2c1CN=C2. The zero-order chi connectivity index (χ0) is 8.55. The minimum atomic E-state index is 0.573. The van der Waals surface area contributed by atoms with E-state index in [2.05, 4.69) is 29.9 Å². The molecule has 0 spiro atoms. The van der Waals surface area contributed by atoms with Gasteiger partial charge in [0.15, 0.2) is 0 Å². The Morgan fingerprint density at radius 1 is 1.42 bits per heavy atom. The molecule has 0 saturated carbocycles. The molecule has 0 aromatic carbocycles. The van der Waals surface area contributed by atoms with Gasteiger partial charge in [-0.25, -0.2) is 0 Å². The van der Waals surface area contributed by atoms with Crippen molar-refractivity contribution in [3.05, 3.63) is 29.1 Å². The number of nitrogens with zero attached hydrogens (tertiary/aromatic N) is 2. The average Bonchev–Trinajstić information content (AvgIpc) is 2.49. The third-order valence-corrected chi connectivity index (χ3v) is 2.21. The molecule has 0 atom stereocenters. The Morgan fingerprint density at radius 2 is 2.25 bits per heavy atom. The summed E-state index contributed by atoms with van der Waals surface area (Å²) >= 11 is 0. The predicted octanol–water partition coefficient (Wildman–Crippen LogP) is 2.14. The van der Waals surface area contributed by atoms with Crippen molar-refractivity contribution in [1.82, 2.24) is 4.98 Å². The van der Waals surface area contributed by atoms with Gasteiger partial charge in [-0.15, -0.1) is 0 Å². The first-order chi connectivity index (χ1) is 5.79. The van der Waals surface area contributed by atoms with Gasteiger partial charge < -0.3 is 0 Å². The molecule has 2 heterocycles. The van der Waals surface area contributed by atoms with Crippen LogP contribution < -0.4 is 0 Å². The summed E-state index contributed by atoms with van der Waals surface area (Å²) in [7, 11) is 0. The molecule has 1 aliphatic heterocycles. The van der Waals surface area contributed by atoms with E-state index in [1.807, 2.05) is 12.4 Å². The first kappa shape index (κ1) is 7.47. The highest BCUT2D eigenvalue weighted by Gasteiger charge is 2.13. The Kier molecular flexibility index (Phi) is 1.68. The maximum atomic E-state index is 4.25. The molecule has 0 unspecified atom stereocenters. The summed E-state index contributed by atoms with van der Waals surface area (Å²) in [5.74, 6) is 0.573. The Hall–Kier alpha value is -1.18. The molecule has 1 aliphatic rings. The second kappa shape index (κ2) is 2.70. The normalized spacial score (nSPS) is 13.9. The van der Waals surface area contributed by atoms with Crippen molar-refractivity contribution < 1.29 is 0 Å². The van der Waals surface area contributed by atoms with Crippen molar-refractivity contribution >= 4 is 6.21 Å². The van der Waals surface area contributed by atoms with E-state index in [0.29, 0.717) is 5.92 Å². The van der Waals surface area contributed by atoms with Crippen LogP contribution >= 0.6 is 0 Å². The van der Waals surface area contributed by atoms with Crippen LogP contribution in [0.1, 0.15) is 36.6 Å². The molecule has 2 heteroatoms. The van der Waals surface area contributed by atoms with Crippen LogP contribution in [0.3, 0.4) is 0 Å². The third kappa shape index (κ3) is 1.04. The largest absolute Gasteiger partial charge is 0.286 e. The lowest BCUT2D eigenvalue weighted by molar-refractivity contribution is 0.839. The van der Waals surface area contributed by atoms with E-state index in [4.69, 9.17) is 0 Å². The first-order valence-electron chi connectivity index (χ1n) is 4.26. The van der Waals surface area contributed by atoms with Crippen molar-refractivity contribution in [2.24, 2.45) is 4.99 Å². The molecule has 12 heavy (non-hydrogen) atoms. The van der Waals surface area contributed by atoms with E-state index < -0.39 is 0 Å². The quantitative estimate of drug-likeness (QED) is 0.617. The molecule has 0 amide bonds. The predicted molar refractivity (Wildman–Crippen MR) is 49.6 cm³/mol. The molecule has 0 saturated heterocycles. The molecule has 0 radical (unpaired) electrons. The summed E-state index contributed by atoms with van der Waals surface area (Å²) in [4.78, 5) is 8.46. The molecule has 2 rings (SSSR count). The molecule has 0 bridgehead atoms. The lowest BCUT2D eigenvalue weighted by atomic mass is 9.98. The summed E-state index contributed by atoms with van der Waals surface area (Å²) in [5, 5.41) is 0. The van der Waals surface area contributed by atoms with E-state index >= 15 is 0 Å². The zero-order valence-corrected chi connectivity index (χ0v) is 7.41. The minimum Gasteiger partial charge on any atom is -0.286 e. The molecule has 0 N–H and O–H groups in total. The van der Waals surface area contributed by atoms with Crippen LogP contribution in [-0.2, 0) is 6.54 Å². The number of pyridine rings is 1. The number of aliphatic imine (C=N–C) groups is 1. The van der Waals surface area contributed by atoms with Crippen LogP contribution in [0.5, 0.6) is 0 Å². The Balaban J connectivity index is 2.53. The second-order valence-electron chi connectivity index (χ2n) is 3.39. The highest BCUT2D eigenvalue weighted by atomic mass is 14.8. The summed E-state index contributed by atoms with van der Waals surface area (Å²) in [6.07, 6.45) is 3.73. The number of rotatable bonds is 1. The van der Waals surface area contributed by atoms with Crippen molar-refractivity contribution in [3.8, 4) is 0 Å². The standard InChI is InChI=1S/C10H12N2/c1-7(2)8-3-4-12-10-6-11-5-9(8)10/h3-4,6-7H,5H2,1-2H3. The van der Waals surface area contributed by atoms with E-state index in [0.717, 1.165) is 12.2 Å². The average molecular weight is 160 g/mol. The monoisotopic (exact) mass is 160 g/mol. The van der Waals surface area contributed by atoms with E-state index in [-0.39, 0.29) is 0 Å². The molecule has 2 nitrogen and oxygen atoms in total. The maximum absolute atomic E-state index is 4.25. The molecule has 1 aromatic heterocycles. The van der Waals surface area contributed by atoms with Crippen LogP contribution in [0.15, 0.2) is 17.3 Å². The Bertz CT molecular complexity index is 327. The summed E-state index contributed by atoms with van der Waals surface area (Å²) in [5.41, 5.74) is 3.76. The molecule has 62 valence electrons. The van der Waals surface area contributed by atoms with Crippen LogP contribution in [0.4, 0.5) is 0 Å². The number of hydrogen-bond donors (Lipinski definition) is 0. The van der Waals surface area contributed by atoms with Crippen LogP contribution in [0.2, 0.25) is 0 Å². The highest BCUT2D eigenvalue weighted by molar-refractivity contribution is 5.82. The summed E-state index contributed by atoms with van der Waals surface area (Å²) in [6.45, 7) is 5.22. The highest BCUT2D eigenvalue weighted by Crippen LogP contribution is 2.23. The van der Waals surface area contributed by atoms with Gasteiger partial charge in [0.25, 0.3) is 0 Å². The fourth-order valence-electron chi connectivity index (χ4n) is 1.57. The maximum Gasteiger partial charge on any atom is 0.0861 e. The van der Waals surface area contributed by atoms with E-state index in [1.54, 1.807) is 0 Å². The summed E-state index contributed by atoms with van der Waals surface area (Å²) < 4.78 is 0. The van der Waals surface area contributed by atoms with Gasteiger partial charge >= 0.3 is 0 Å². The zero-order valence-electron chi connectivity index (χ0n) is 7.41. The minimum absolute atomic E-state index is 0.573. The molecular formula is C10H12N2. The van der Waals surface area contributed by atoms with Gasteiger partial charge in [0, 0.05) is 18.0 Å². The van der Waals surface area contributed by atoms with Gasteiger partial charge in [-0.05, 0) is 17.5 Å². The van der Waals surface area contributed by atoms with Gasteiger partial charge in [-0.1, -0.05) is 13.8 Å². The number of hydrogen-bond acceptors (Lipinski definition) is 2. The molecule has 0 fully saturated rings. The van der Waals surface area contributed by atoms with E-state index in [9.17, 15) is 0 Å². The van der Waals surface area contributed by atoms with Crippen LogP contribution in [0.25, 0.3) is 0 Å². The first-order valence-corrected chi connectivity index (χ1v) is 4.26. The molecular weight excluding hydrogens is 148 g/mol. The van der Waals surface area contributed by atoms with Crippen LogP contribution in [0, 0.1) is 0 Å². The van der Waals surface area contributed by atoms with E-state index in [1.165, 1.54) is 11.1 Å². The van der Waals surface area contributed by atoms with Gasteiger partial charge in [-0.3, -0.25) is 9.98 Å². The Morgan fingerprint density at radius 3 is 3.00 bits per heavy atom. The van der Waals surface area contributed by atoms with Crippen molar-refractivity contribution in [1.29, 1.82) is 0 Å². The fraction of sp³-hybridized carbons (Fsp3) is 0.400. The number of aromatic nitrogens is 1. The van der Waals surface area contributed by atoms with Gasteiger partial charge in [0.05, 0.1) is 12.2 Å². The van der Waals surface area contributed by atoms with Crippen molar-refractivity contribution in [2.45, 2.75) is 26.3 Å². The Labute approximate surface area is 72.4 Å². The summed E-state index contributed by atoms with van der Waals surface area (Å²) in [6, 6.07) is 2.10. The van der Waals surface area contributed by atoms with Gasteiger partial charge in [-0.2, -0.15) is 0 Å². The lowest BCUT2D eigenvalue weighted by Gasteiger charge is -2.09. The molecule has 1 aromatic rings. The van der Waals surface area contributed by atoms with Crippen molar-refractivity contribution in [2.75, 3.05) is 0 Å². The smallest absolute Gasteiger partial charge is 0.0861 e. The molecule has 0 aliphatic carbocycles. The van der Waals surface area contributed by atoms with Gasteiger partial charge in [0.1, 0.15) is 0 Å².